The lowest BCUT2D eigenvalue weighted by atomic mass is 9.93. The van der Waals surface area contributed by atoms with E-state index in [-0.39, 0.29) is 17.2 Å². The van der Waals surface area contributed by atoms with Gasteiger partial charge in [0.15, 0.2) is 5.75 Å². The van der Waals surface area contributed by atoms with Crippen LogP contribution in [0.15, 0.2) is 24.3 Å². The van der Waals surface area contributed by atoms with Gasteiger partial charge in [0.2, 0.25) is 0 Å². The number of allylic oxidation sites excluding steroid dienone is 2. The molecule has 0 spiro atoms. The number of methoxy groups -OCH3 is 1. The summed E-state index contributed by atoms with van der Waals surface area (Å²) in [7, 11) is 1.41. The molecule has 0 aromatic heterocycles. The van der Waals surface area contributed by atoms with E-state index in [0.29, 0.717) is 19.3 Å². The molecule has 5 nitrogen and oxygen atoms in total. The summed E-state index contributed by atoms with van der Waals surface area (Å²) < 4.78 is 5.02. The highest BCUT2D eigenvalue weighted by Crippen LogP contribution is 2.33. The van der Waals surface area contributed by atoms with Gasteiger partial charge in [-0.2, -0.15) is 0 Å². The number of hydrogen-bond acceptors (Lipinski definition) is 4. The second-order valence-electron chi connectivity index (χ2n) is 4.12. The number of nitro benzene ring substituents is 1. The number of hydrogen-bond donors (Lipinski definition) is 0. The largest absolute Gasteiger partial charge is 0.490 e. The minimum absolute atomic E-state index is 0.0475. The van der Waals surface area contributed by atoms with Crippen LogP contribution in [0, 0.1) is 10.1 Å². The summed E-state index contributed by atoms with van der Waals surface area (Å²) in [5, 5.41) is 10.8. The molecule has 0 saturated heterocycles. The Labute approximate surface area is 104 Å². The Hall–Kier alpha value is -2.17. The number of nitro groups is 1. The van der Waals surface area contributed by atoms with Crippen molar-refractivity contribution in [3.63, 3.8) is 0 Å². The van der Waals surface area contributed by atoms with Crippen LogP contribution in [0.25, 0.3) is 5.57 Å². The van der Waals surface area contributed by atoms with Crippen molar-refractivity contribution in [3.8, 4) is 5.75 Å². The summed E-state index contributed by atoms with van der Waals surface area (Å²) in [4.78, 5) is 21.5. The number of benzene rings is 1. The van der Waals surface area contributed by atoms with Crippen LogP contribution in [-0.4, -0.2) is 17.8 Å². The molecule has 0 saturated carbocycles. The first kappa shape index (κ1) is 12.3. The highest BCUT2D eigenvalue weighted by Gasteiger charge is 2.17. The van der Waals surface area contributed by atoms with E-state index < -0.39 is 4.92 Å². The minimum Gasteiger partial charge on any atom is -0.490 e. The van der Waals surface area contributed by atoms with Crippen molar-refractivity contribution in [3.05, 3.63) is 40.0 Å². The van der Waals surface area contributed by atoms with Crippen LogP contribution in [0.1, 0.15) is 24.8 Å². The normalized spacial score (nSPS) is 15.2. The maximum Gasteiger partial charge on any atom is 0.310 e. The first-order valence-corrected chi connectivity index (χ1v) is 5.65. The molecule has 0 aliphatic heterocycles. The van der Waals surface area contributed by atoms with Crippen molar-refractivity contribution in [2.45, 2.75) is 19.3 Å². The SMILES string of the molecule is COc1cc(C2=CCC(=O)CC2)ccc1[N+](=O)[O-]. The number of nitrogens with zero attached hydrogens (tertiary/aromatic N) is 1. The van der Waals surface area contributed by atoms with Crippen molar-refractivity contribution in [2.75, 3.05) is 7.11 Å². The summed E-state index contributed by atoms with van der Waals surface area (Å²) in [6, 6.07) is 4.79. The Balaban J connectivity index is 2.36. The maximum atomic E-state index is 11.1. The average Bonchev–Trinajstić information content (AvgIpc) is 2.38. The molecule has 94 valence electrons. The predicted molar refractivity (Wildman–Crippen MR) is 66.5 cm³/mol. The van der Waals surface area contributed by atoms with E-state index in [2.05, 4.69) is 0 Å². The quantitative estimate of drug-likeness (QED) is 0.608. The molecule has 0 unspecified atom stereocenters. The highest BCUT2D eigenvalue weighted by atomic mass is 16.6. The third-order valence-corrected chi connectivity index (χ3v) is 3.00. The van der Waals surface area contributed by atoms with Gasteiger partial charge in [0.1, 0.15) is 5.78 Å². The van der Waals surface area contributed by atoms with Gasteiger partial charge in [-0.15, -0.1) is 0 Å². The fourth-order valence-electron chi connectivity index (χ4n) is 2.01. The van der Waals surface area contributed by atoms with Crippen LogP contribution in [0.4, 0.5) is 5.69 Å². The molecule has 0 amide bonds. The number of ketones is 1. The van der Waals surface area contributed by atoms with Crippen LogP contribution in [0.2, 0.25) is 0 Å². The smallest absolute Gasteiger partial charge is 0.310 e. The van der Waals surface area contributed by atoms with Crippen LogP contribution in [0.5, 0.6) is 5.75 Å². The Bertz CT molecular complexity index is 534. The van der Waals surface area contributed by atoms with Gasteiger partial charge < -0.3 is 4.74 Å². The van der Waals surface area contributed by atoms with Crippen LogP contribution in [0.3, 0.4) is 0 Å². The summed E-state index contributed by atoms with van der Waals surface area (Å²) in [6.07, 6.45) is 3.53. The molecule has 0 radical (unpaired) electrons. The molecule has 1 aliphatic carbocycles. The number of ether oxygens (including phenoxy) is 1. The van der Waals surface area contributed by atoms with Crippen LogP contribution in [-0.2, 0) is 4.79 Å². The van der Waals surface area contributed by atoms with Gasteiger partial charge >= 0.3 is 5.69 Å². The van der Waals surface area contributed by atoms with Crippen molar-refractivity contribution < 1.29 is 14.5 Å². The molecule has 5 heteroatoms. The maximum absolute atomic E-state index is 11.1. The Morgan fingerprint density at radius 2 is 2.11 bits per heavy atom. The molecule has 1 aromatic rings. The van der Waals surface area contributed by atoms with Crippen molar-refractivity contribution in [1.29, 1.82) is 0 Å². The number of rotatable bonds is 3. The fourth-order valence-corrected chi connectivity index (χ4v) is 2.01. The molecule has 1 aromatic carbocycles. The standard InChI is InChI=1S/C13H13NO4/c1-18-13-8-10(4-7-12(13)14(16)17)9-2-5-11(15)6-3-9/h2,4,7-8H,3,5-6H2,1H3. The zero-order valence-corrected chi connectivity index (χ0v) is 10.0. The van der Waals surface area contributed by atoms with E-state index >= 15 is 0 Å². The van der Waals surface area contributed by atoms with E-state index in [1.165, 1.54) is 13.2 Å². The van der Waals surface area contributed by atoms with Crippen LogP contribution < -0.4 is 4.74 Å². The van der Waals surface area contributed by atoms with Gasteiger partial charge in [-0.3, -0.25) is 14.9 Å². The third-order valence-electron chi connectivity index (χ3n) is 3.00. The van der Waals surface area contributed by atoms with E-state index in [4.69, 9.17) is 4.74 Å². The fraction of sp³-hybridized carbons (Fsp3) is 0.308. The summed E-state index contributed by atoms with van der Waals surface area (Å²) in [6.45, 7) is 0. The monoisotopic (exact) mass is 247 g/mol. The first-order valence-electron chi connectivity index (χ1n) is 5.65. The highest BCUT2D eigenvalue weighted by molar-refractivity contribution is 5.87. The molecule has 2 rings (SSSR count). The third kappa shape index (κ3) is 2.40. The van der Waals surface area contributed by atoms with E-state index in [9.17, 15) is 14.9 Å². The molecule has 0 bridgehead atoms. The molecule has 18 heavy (non-hydrogen) atoms. The lowest BCUT2D eigenvalue weighted by Gasteiger charge is -2.13. The molecule has 0 fully saturated rings. The van der Waals surface area contributed by atoms with Crippen molar-refractivity contribution in [2.24, 2.45) is 0 Å². The number of Topliss-reactive ketones (excluding diaryl/α,β-unsaturated/α-hetero) is 1. The summed E-state index contributed by atoms with van der Waals surface area (Å²) in [5.41, 5.74) is 1.88. The van der Waals surface area contributed by atoms with Gasteiger partial charge in [-0.1, -0.05) is 6.08 Å². The summed E-state index contributed by atoms with van der Waals surface area (Å²) in [5.74, 6) is 0.475. The van der Waals surface area contributed by atoms with E-state index in [1.54, 1.807) is 12.1 Å². The van der Waals surface area contributed by atoms with E-state index in [1.807, 2.05) is 6.08 Å². The topological polar surface area (TPSA) is 69.4 Å². The lowest BCUT2D eigenvalue weighted by Crippen LogP contribution is -2.03. The van der Waals surface area contributed by atoms with Gasteiger partial charge in [-0.05, 0) is 29.7 Å². The Morgan fingerprint density at radius 1 is 1.33 bits per heavy atom. The molecule has 1 aliphatic rings. The predicted octanol–water partition coefficient (Wildman–Crippen LogP) is 2.74. The molecule has 0 heterocycles. The second kappa shape index (κ2) is 5.00. The van der Waals surface area contributed by atoms with Crippen LogP contribution >= 0.6 is 0 Å². The average molecular weight is 247 g/mol. The Kier molecular flexibility index (Phi) is 3.41. The zero-order valence-electron chi connectivity index (χ0n) is 10.0. The van der Waals surface area contributed by atoms with E-state index in [0.717, 1.165) is 11.1 Å². The van der Waals surface area contributed by atoms with Crippen molar-refractivity contribution >= 4 is 17.0 Å². The zero-order chi connectivity index (χ0) is 13.1. The number of carbonyl (C=O) groups excluding carboxylic acids is 1. The number of carbonyl (C=O) groups is 1. The molecular weight excluding hydrogens is 234 g/mol. The summed E-state index contributed by atoms with van der Waals surface area (Å²) >= 11 is 0. The second-order valence-corrected chi connectivity index (χ2v) is 4.12. The molecular formula is C13H13NO4. The van der Waals surface area contributed by atoms with Gasteiger partial charge in [-0.25, -0.2) is 0 Å². The van der Waals surface area contributed by atoms with Gasteiger partial charge in [0, 0.05) is 18.9 Å². The molecule has 0 atom stereocenters. The first-order chi connectivity index (χ1) is 8.61. The molecule has 0 N–H and O–H groups in total. The Morgan fingerprint density at radius 3 is 2.67 bits per heavy atom. The van der Waals surface area contributed by atoms with Gasteiger partial charge in [0.25, 0.3) is 0 Å². The minimum atomic E-state index is -0.471. The lowest BCUT2D eigenvalue weighted by molar-refractivity contribution is -0.385. The van der Waals surface area contributed by atoms with Gasteiger partial charge in [0.05, 0.1) is 12.0 Å². The van der Waals surface area contributed by atoms with Crippen molar-refractivity contribution in [1.82, 2.24) is 0 Å².